The molecule has 9 nitrogen and oxygen atoms in total. The summed E-state index contributed by atoms with van der Waals surface area (Å²) in [5, 5.41) is 54.6. The van der Waals surface area contributed by atoms with Gasteiger partial charge < -0.3 is 40.3 Å². The minimum absolute atomic E-state index is 0.136. The molecule has 1 aliphatic rings. The van der Waals surface area contributed by atoms with Gasteiger partial charge in [-0.05, 0) is 38.5 Å². The number of hydrogen-bond donors (Lipinski definition) is 6. The van der Waals surface area contributed by atoms with Crippen LogP contribution < -0.4 is 5.32 Å². The fourth-order valence-electron chi connectivity index (χ4n) is 8.98. The van der Waals surface area contributed by atoms with Crippen LogP contribution in [0.2, 0.25) is 0 Å². The van der Waals surface area contributed by atoms with E-state index in [1.165, 1.54) is 205 Å². The van der Waals surface area contributed by atoms with Crippen LogP contribution >= 0.6 is 0 Å². The molecule has 7 unspecified atom stereocenters. The molecule has 0 saturated carbocycles. The van der Waals surface area contributed by atoms with Crippen LogP contribution in [-0.2, 0) is 14.3 Å². The molecule has 0 aromatic carbocycles. The van der Waals surface area contributed by atoms with Gasteiger partial charge >= 0.3 is 0 Å². The Morgan fingerprint density at radius 1 is 0.524 bits per heavy atom. The summed E-state index contributed by atoms with van der Waals surface area (Å²) in [6, 6.07) is -0.718. The van der Waals surface area contributed by atoms with Gasteiger partial charge in [0.25, 0.3) is 0 Å². The first-order valence-corrected chi connectivity index (χ1v) is 27.4. The van der Waals surface area contributed by atoms with Gasteiger partial charge in [0, 0.05) is 6.42 Å². The average molecular weight is 896 g/mol. The highest BCUT2D eigenvalue weighted by atomic mass is 16.7. The van der Waals surface area contributed by atoms with Gasteiger partial charge in [0.15, 0.2) is 6.29 Å². The summed E-state index contributed by atoms with van der Waals surface area (Å²) in [6.45, 7) is 3.87. The van der Waals surface area contributed by atoms with Crippen molar-refractivity contribution in [2.75, 3.05) is 13.2 Å². The van der Waals surface area contributed by atoms with Gasteiger partial charge in [-0.15, -0.1) is 0 Å². The van der Waals surface area contributed by atoms with Gasteiger partial charge in [0.05, 0.1) is 25.4 Å². The summed E-state index contributed by atoms with van der Waals surface area (Å²) in [5.74, 6) is -0.144. The number of amides is 1. The molecule has 9 heteroatoms. The van der Waals surface area contributed by atoms with Crippen molar-refractivity contribution in [2.45, 2.75) is 314 Å². The molecule has 0 aliphatic carbocycles. The minimum atomic E-state index is -1.55. The largest absolute Gasteiger partial charge is 0.394 e. The lowest BCUT2D eigenvalue weighted by molar-refractivity contribution is -0.302. The van der Waals surface area contributed by atoms with Crippen LogP contribution in [0.5, 0.6) is 0 Å². The fraction of sp³-hybridized carbons (Fsp3) is 0.944. The van der Waals surface area contributed by atoms with Gasteiger partial charge in [-0.3, -0.25) is 4.79 Å². The monoisotopic (exact) mass is 896 g/mol. The Hall–Kier alpha value is -1.07. The van der Waals surface area contributed by atoms with Crippen molar-refractivity contribution in [3.8, 4) is 0 Å². The van der Waals surface area contributed by atoms with Crippen LogP contribution in [0.15, 0.2) is 12.2 Å². The molecule has 0 aromatic heterocycles. The van der Waals surface area contributed by atoms with Crippen molar-refractivity contribution >= 4 is 5.91 Å². The number of aliphatic hydroxyl groups excluding tert-OH is 5. The third-order valence-electron chi connectivity index (χ3n) is 13.4. The Balaban J connectivity index is 2.23. The van der Waals surface area contributed by atoms with Gasteiger partial charge in [0.1, 0.15) is 24.4 Å². The Bertz CT molecular complexity index is 997. The lowest BCUT2D eigenvalue weighted by Crippen LogP contribution is -2.60. The van der Waals surface area contributed by atoms with Crippen molar-refractivity contribution in [1.82, 2.24) is 5.32 Å². The first-order chi connectivity index (χ1) is 30.8. The number of hydrogen-bond acceptors (Lipinski definition) is 8. The zero-order valence-corrected chi connectivity index (χ0v) is 41.4. The summed E-state index contributed by atoms with van der Waals surface area (Å²) in [6.07, 6.45) is 46.6. The van der Waals surface area contributed by atoms with Crippen molar-refractivity contribution in [2.24, 2.45) is 0 Å². The Morgan fingerprint density at radius 2 is 0.889 bits per heavy atom. The molecule has 1 fully saturated rings. The highest BCUT2D eigenvalue weighted by Gasteiger charge is 2.44. The summed E-state index contributed by atoms with van der Waals surface area (Å²) >= 11 is 0. The Morgan fingerprint density at radius 3 is 1.29 bits per heavy atom. The second-order valence-electron chi connectivity index (χ2n) is 19.4. The number of nitrogens with one attached hydrogen (secondary N) is 1. The molecule has 6 N–H and O–H groups in total. The molecule has 1 amide bonds. The Labute approximate surface area is 388 Å². The van der Waals surface area contributed by atoms with Crippen LogP contribution in [0.1, 0.15) is 271 Å². The third-order valence-corrected chi connectivity index (χ3v) is 13.4. The molecule has 1 heterocycles. The molecule has 1 saturated heterocycles. The van der Waals surface area contributed by atoms with Crippen molar-refractivity contribution in [3.63, 3.8) is 0 Å². The quantitative estimate of drug-likeness (QED) is 0.0261. The zero-order chi connectivity index (χ0) is 45.9. The SMILES string of the molecule is CCCCCCCCCCCCCC/C=C\CCCCCCCCCC(=O)NC(COC1OC(CO)C(O)C(O)C1O)C(O)CCCCCCCCCCCCCCCCCCC. The maximum atomic E-state index is 13.0. The van der Waals surface area contributed by atoms with Gasteiger partial charge in [-0.1, -0.05) is 238 Å². The predicted octanol–water partition coefficient (Wildman–Crippen LogP) is 12.8. The van der Waals surface area contributed by atoms with Crippen molar-refractivity contribution in [1.29, 1.82) is 0 Å². The van der Waals surface area contributed by atoms with Gasteiger partial charge in [-0.2, -0.15) is 0 Å². The lowest BCUT2D eigenvalue weighted by Gasteiger charge is -2.40. The van der Waals surface area contributed by atoms with E-state index in [4.69, 9.17) is 9.47 Å². The summed E-state index contributed by atoms with van der Waals surface area (Å²) in [7, 11) is 0. The molecule has 0 radical (unpaired) electrons. The van der Waals surface area contributed by atoms with Crippen LogP contribution in [0.25, 0.3) is 0 Å². The number of carbonyl (C=O) groups excluding carboxylic acids is 1. The Kier molecular flexibility index (Phi) is 42.6. The number of unbranched alkanes of at least 4 members (excludes halogenated alkanes) is 35. The van der Waals surface area contributed by atoms with Crippen LogP contribution in [-0.4, -0.2) is 87.5 Å². The second-order valence-corrected chi connectivity index (χ2v) is 19.4. The van der Waals surface area contributed by atoms with Gasteiger partial charge in [-0.25, -0.2) is 0 Å². The molecule has 0 spiro atoms. The lowest BCUT2D eigenvalue weighted by atomic mass is 9.99. The van der Waals surface area contributed by atoms with E-state index in [1.54, 1.807) is 0 Å². The van der Waals surface area contributed by atoms with Gasteiger partial charge in [0.2, 0.25) is 5.91 Å². The van der Waals surface area contributed by atoms with E-state index in [-0.39, 0.29) is 12.5 Å². The number of carbonyl (C=O) groups is 1. The van der Waals surface area contributed by atoms with Crippen LogP contribution in [0, 0.1) is 0 Å². The summed E-state index contributed by atoms with van der Waals surface area (Å²) < 4.78 is 11.3. The fourth-order valence-corrected chi connectivity index (χ4v) is 8.98. The van der Waals surface area contributed by atoms with E-state index in [9.17, 15) is 30.3 Å². The van der Waals surface area contributed by atoms with Crippen LogP contribution in [0.3, 0.4) is 0 Å². The first kappa shape index (κ1) is 59.9. The molecule has 7 atom stereocenters. The van der Waals surface area contributed by atoms with E-state index in [1.807, 2.05) is 0 Å². The number of allylic oxidation sites excluding steroid dienone is 2. The zero-order valence-electron chi connectivity index (χ0n) is 41.4. The molecular formula is C54H105NO8. The smallest absolute Gasteiger partial charge is 0.220 e. The molecule has 1 rings (SSSR count). The molecule has 0 aromatic rings. The standard InChI is InChI=1S/C54H105NO8/c1-3-5-7-9-11-13-15-17-19-21-22-23-24-25-26-28-30-32-34-36-38-40-42-44-50(58)55-47(46-62-54-53(61)52(60)51(59)49(45-56)63-54)48(57)43-41-39-37-35-33-31-29-27-20-18-16-14-12-10-8-6-4-2/h25-26,47-49,51-54,56-57,59-61H,3-24,27-46H2,1-2H3,(H,55,58)/b26-25-. The summed E-state index contributed by atoms with van der Waals surface area (Å²) in [5.41, 5.74) is 0. The molecule has 374 valence electrons. The normalized spacial score (nSPS) is 20.1. The number of rotatable bonds is 47. The first-order valence-electron chi connectivity index (χ1n) is 27.4. The average Bonchev–Trinajstić information content (AvgIpc) is 3.28. The number of aliphatic hydroxyl groups is 5. The number of ether oxygens (including phenoxy) is 2. The van der Waals surface area contributed by atoms with E-state index < -0.39 is 49.5 Å². The highest BCUT2D eigenvalue weighted by molar-refractivity contribution is 5.76. The van der Waals surface area contributed by atoms with E-state index in [0.717, 1.165) is 38.5 Å². The second kappa shape index (κ2) is 44.7. The molecule has 63 heavy (non-hydrogen) atoms. The third kappa shape index (κ3) is 34.8. The minimum Gasteiger partial charge on any atom is -0.394 e. The molecule has 0 bridgehead atoms. The van der Waals surface area contributed by atoms with Crippen molar-refractivity contribution < 1.29 is 39.8 Å². The molecular weight excluding hydrogens is 791 g/mol. The maximum Gasteiger partial charge on any atom is 0.220 e. The van der Waals surface area contributed by atoms with E-state index in [0.29, 0.717) is 12.8 Å². The van der Waals surface area contributed by atoms with E-state index in [2.05, 4.69) is 31.3 Å². The van der Waals surface area contributed by atoms with Crippen molar-refractivity contribution in [3.05, 3.63) is 12.2 Å². The summed E-state index contributed by atoms with van der Waals surface area (Å²) in [4.78, 5) is 13.0. The molecule has 1 aliphatic heterocycles. The maximum absolute atomic E-state index is 13.0. The van der Waals surface area contributed by atoms with E-state index >= 15 is 0 Å². The predicted molar refractivity (Wildman–Crippen MR) is 263 cm³/mol. The highest BCUT2D eigenvalue weighted by Crippen LogP contribution is 2.23. The van der Waals surface area contributed by atoms with Crippen LogP contribution in [0.4, 0.5) is 0 Å². The topological polar surface area (TPSA) is 149 Å².